The summed E-state index contributed by atoms with van der Waals surface area (Å²) in [5.74, 6) is -0.614. The summed E-state index contributed by atoms with van der Waals surface area (Å²) >= 11 is 13.7. The molecule has 0 aliphatic heterocycles. The van der Waals surface area contributed by atoms with Crippen LogP contribution in [0.5, 0.6) is 0 Å². The second-order valence-corrected chi connectivity index (χ2v) is 7.70. The van der Waals surface area contributed by atoms with Gasteiger partial charge in [-0.25, -0.2) is 4.39 Å². The number of hydrogen-bond acceptors (Lipinski definition) is 2. The predicted molar refractivity (Wildman–Crippen MR) is 110 cm³/mol. The van der Waals surface area contributed by atoms with Crippen LogP contribution in [-0.4, -0.2) is 10.5 Å². The number of anilines is 1. The van der Waals surface area contributed by atoms with E-state index in [1.165, 1.54) is 12.1 Å². The number of rotatable bonds is 4. The third-order valence-corrected chi connectivity index (χ3v) is 5.86. The van der Waals surface area contributed by atoms with Gasteiger partial charge in [-0.15, -0.1) is 11.3 Å². The molecule has 0 unspecified atom stereocenters. The lowest BCUT2D eigenvalue weighted by Crippen LogP contribution is -2.17. The number of fused-ring (bicyclic) bond motifs is 1. The molecular weight excluding hydrogens is 406 g/mol. The highest BCUT2D eigenvalue weighted by molar-refractivity contribution is 7.17. The minimum absolute atomic E-state index is 0.289. The monoisotopic (exact) mass is 418 g/mol. The van der Waals surface area contributed by atoms with Gasteiger partial charge in [-0.2, -0.15) is 0 Å². The Morgan fingerprint density at radius 2 is 1.93 bits per heavy atom. The highest BCUT2D eigenvalue weighted by atomic mass is 35.5. The van der Waals surface area contributed by atoms with Crippen LogP contribution in [0.1, 0.15) is 16.1 Å². The summed E-state index contributed by atoms with van der Waals surface area (Å²) in [6.07, 6.45) is 0. The average molecular weight is 419 g/mol. The predicted octanol–water partition coefficient (Wildman–Crippen LogP) is 6.45. The van der Waals surface area contributed by atoms with Crippen molar-refractivity contribution in [3.63, 3.8) is 0 Å². The van der Waals surface area contributed by atoms with Crippen molar-refractivity contribution in [2.45, 2.75) is 6.54 Å². The van der Waals surface area contributed by atoms with Gasteiger partial charge in [0.2, 0.25) is 0 Å². The summed E-state index contributed by atoms with van der Waals surface area (Å²) in [5.41, 5.74) is 2.60. The Morgan fingerprint density at radius 1 is 1.11 bits per heavy atom. The normalized spacial score (nSPS) is 11.1. The number of nitrogens with zero attached hydrogens (tertiary/aromatic N) is 1. The molecule has 136 valence electrons. The molecule has 0 bridgehead atoms. The number of carbonyl (C=O) groups excluding carboxylic acids is 1. The minimum Gasteiger partial charge on any atom is -0.331 e. The quantitative estimate of drug-likeness (QED) is 0.405. The molecule has 2 aromatic carbocycles. The maximum Gasteiger partial charge on any atom is 0.272 e. The summed E-state index contributed by atoms with van der Waals surface area (Å²) in [7, 11) is 0. The number of hydrogen-bond donors (Lipinski definition) is 1. The zero-order chi connectivity index (χ0) is 19.0. The van der Waals surface area contributed by atoms with Crippen molar-refractivity contribution in [3.8, 4) is 0 Å². The zero-order valence-corrected chi connectivity index (χ0v) is 16.2. The van der Waals surface area contributed by atoms with Gasteiger partial charge in [0.1, 0.15) is 11.5 Å². The fourth-order valence-electron chi connectivity index (χ4n) is 2.94. The maximum absolute atomic E-state index is 13.6. The van der Waals surface area contributed by atoms with Crippen LogP contribution in [0, 0.1) is 5.82 Å². The molecule has 0 aliphatic carbocycles. The second kappa shape index (κ2) is 7.35. The van der Waals surface area contributed by atoms with E-state index in [2.05, 4.69) is 5.32 Å². The number of aromatic nitrogens is 1. The molecule has 0 saturated heterocycles. The molecule has 27 heavy (non-hydrogen) atoms. The van der Waals surface area contributed by atoms with Crippen LogP contribution in [-0.2, 0) is 6.54 Å². The first kappa shape index (κ1) is 18.0. The molecule has 0 saturated carbocycles. The summed E-state index contributed by atoms with van der Waals surface area (Å²) in [6, 6.07) is 15.2. The number of thiophene rings is 1. The Bertz CT molecular complexity index is 1150. The third-order valence-electron chi connectivity index (χ3n) is 4.18. The molecule has 0 aliphatic rings. The first-order valence-corrected chi connectivity index (χ1v) is 9.73. The zero-order valence-electron chi connectivity index (χ0n) is 13.9. The lowest BCUT2D eigenvalue weighted by atomic mass is 10.2. The number of amides is 1. The van der Waals surface area contributed by atoms with Crippen molar-refractivity contribution >= 4 is 56.3 Å². The molecule has 4 rings (SSSR count). The second-order valence-electron chi connectivity index (χ2n) is 5.97. The van der Waals surface area contributed by atoms with Gasteiger partial charge < -0.3 is 9.88 Å². The molecule has 1 N–H and O–H groups in total. The smallest absolute Gasteiger partial charge is 0.272 e. The van der Waals surface area contributed by atoms with E-state index in [1.807, 2.05) is 28.1 Å². The van der Waals surface area contributed by atoms with Crippen LogP contribution < -0.4 is 5.32 Å². The van der Waals surface area contributed by atoms with Crippen molar-refractivity contribution < 1.29 is 9.18 Å². The van der Waals surface area contributed by atoms with Crippen molar-refractivity contribution in [3.05, 3.63) is 87.1 Å². The number of halogens is 3. The van der Waals surface area contributed by atoms with Crippen LogP contribution >= 0.6 is 34.5 Å². The standard InChI is InChI=1S/C20H13Cl2FN2OS/c21-14-5-2-6-15(19(14)22)24-20(26)17-10-18-16(7-8-27-18)25(17)11-12-3-1-4-13(23)9-12/h1-10H,11H2,(H,24,26). The molecule has 2 aromatic heterocycles. The molecule has 3 nitrogen and oxygen atoms in total. The average Bonchev–Trinajstić information content (AvgIpc) is 3.22. The van der Waals surface area contributed by atoms with Gasteiger partial charge in [0.05, 0.1) is 25.9 Å². The Morgan fingerprint density at radius 3 is 2.74 bits per heavy atom. The highest BCUT2D eigenvalue weighted by Crippen LogP contribution is 2.31. The van der Waals surface area contributed by atoms with E-state index >= 15 is 0 Å². The molecule has 0 fully saturated rings. The van der Waals surface area contributed by atoms with Crippen LogP contribution in [0.25, 0.3) is 10.2 Å². The van der Waals surface area contributed by atoms with Crippen molar-refractivity contribution in [2.75, 3.05) is 5.32 Å². The number of nitrogens with one attached hydrogen (secondary N) is 1. The SMILES string of the molecule is O=C(Nc1cccc(Cl)c1Cl)c1cc2sccc2n1Cc1cccc(F)c1. The van der Waals surface area contributed by atoms with Crippen LogP contribution in [0.15, 0.2) is 60.0 Å². The van der Waals surface area contributed by atoms with Crippen LogP contribution in [0.2, 0.25) is 10.0 Å². The number of carbonyl (C=O) groups is 1. The van der Waals surface area contributed by atoms with Gasteiger partial charge in [-0.1, -0.05) is 41.4 Å². The number of benzene rings is 2. The van der Waals surface area contributed by atoms with Crippen LogP contribution in [0.3, 0.4) is 0 Å². The van der Waals surface area contributed by atoms with E-state index < -0.39 is 0 Å². The van der Waals surface area contributed by atoms with Gasteiger partial charge >= 0.3 is 0 Å². The van der Waals surface area contributed by atoms with Gasteiger partial charge in [0.25, 0.3) is 5.91 Å². The summed E-state index contributed by atoms with van der Waals surface area (Å²) in [6.45, 7) is 0.379. The van der Waals surface area contributed by atoms with E-state index in [0.29, 0.717) is 22.9 Å². The molecule has 0 radical (unpaired) electrons. The van der Waals surface area contributed by atoms with E-state index in [1.54, 1.807) is 35.6 Å². The summed E-state index contributed by atoms with van der Waals surface area (Å²) < 4.78 is 16.4. The first-order valence-electron chi connectivity index (χ1n) is 8.09. The van der Waals surface area contributed by atoms with Crippen molar-refractivity contribution in [1.82, 2.24) is 4.57 Å². The van der Waals surface area contributed by atoms with Gasteiger partial charge in [0, 0.05) is 6.54 Å². The molecule has 4 aromatic rings. The van der Waals surface area contributed by atoms with Crippen molar-refractivity contribution in [1.29, 1.82) is 0 Å². The largest absolute Gasteiger partial charge is 0.331 e. The highest BCUT2D eigenvalue weighted by Gasteiger charge is 2.18. The van der Waals surface area contributed by atoms with E-state index in [0.717, 1.165) is 15.8 Å². The maximum atomic E-state index is 13.6. The fraction of sp³-hybridized carbons (Fsp3) is 0.0500. The molecular formula is C20H13Cl2FN2OS. The lowest BCUT2D eigenvalue weighted by Gasteiger charge is -2.12. The Hall–Kier alpha value is -2.34. The minimum atomic E-state index is -0.307. The molecule has 0 spiro atoms. The summed E-state index contributed by atoms with van der Waals surface area (Å²) in [5, 5.41) is 5.43. The van der Waals surface area contributed by atoms with E-state index in [4.69, 9.17) is 23.2 Å². The van der Waals surface area contributed by atoms with Crippen LogP contribution in [0.4, 0.5) is 10.1 Å². The van der Waals surface area contributed by atoms with Crippen molar-refractivity contribution in [2.24, 2.45) is 0 Å². The van der Waals surface area contributed by atoms with E-state index in [9.17, 15) is 9.18 Å². The molecule has 1 amide bonds. The third kappa shape index (κ3) is 3.58. The lowest BCUT2D eigenvalue weighted by molar-refractivity contribution is 0.101. The Labute approximate surface area is 169 Å². The molecule has 7 heteroatoms. The summed E-state index contributed by atoms with van der Waals surface area (Å²) in [4.78, 5) is 12.9. The molecule has 2 heterocycles. The Balaban J connectivity index is 1.72. The van der Waals surface area contributed by atoms with Gasteiger partial charge in [-0.05, 0) is 47.3 Å². The van der Waals surface area contributed by atoms with Gasteiger partial charge in [0.15, 0.2) is 0 Å². The molecule has 0 atom stereocenters. The first-order chi connectivity index (χ1) is 13.0. The van der Waals surface area contributed by atoms with Gasteiger partial charge in [-0.3, -0.25) is 4.79 Å². The fourth-order valence-corrected chi connectivity index (χ4v) is 4.11. The topological polar surface area (TPSA) is 34.0 Å². The van der Waals surface area contributed by atoms with E-state index in [-0.39, 0.29) is 16.7 Å². The Kier molecular flexibility index (Phi) is 4.91.